The number of carbonyl (C=O) groups is 1. The lowest BCUT2D eigenvalue weighted by atomic mass is 10.1. The number of aromatic nitrogens is 3. The molecule has 0 unspecified atom stereocenters. The average Bonchev–Trinajstić information content (AvgIpc) is 3.33. The van der Waals surface area contributed by atoms with E-state index in [-0.39, 0.29) is 11.5 Å². The van der Waals surface area contributed by atoms with Gasteiger partial charge in [0.05, 0.1) is 10.0 Å². The van der Waals surface area contributed by atoms with E-state index in [9.17, 15) is 4.79 Å². The van der Waals surface area contributed by atoms with Crippen molar-refractivity contribution in [1.29, 1.82) is 0 Å². The topological polar surface area (TPSA) is 80.9 Å². The van der Waals surface area contributed by atoms with Crippen LogP contribution in [0.3, 0.4) is 0 Å². The van der Waals surface area contributed by atoms with Crippen molar-refractivity contribution in [2.24, 2.45) is 0 Å². The summed E-state index contributed by atoms with van der Waals surface area (Å²) < 4.78 is 9.09. The quantitative estimate of drug-likeness (QED) is 0.447. The van der Waals surface area contributed by atoms with Crippen LogP contribution in [0.1, 0.15) is 16.1 Å². The van der Waals surface area contributed by atoms with Crippen molar-refractivity contribution in [2.75, 3.05) is 5.32 Å². The summed E-state index contributed by atoms with van der Waals surface area (Å²) in [5.74, 6) is 0.00136. The molecular weight excluding hydrogens is 419 g/mol. The van der Waals surface area contributed by atoms with Crippen molar-refractivity contribution in [2.45, 2.75) is 6.92 Å². The van der Waals surface area contributed by atoms with Crippen LogP contribution in [-0.4, -0.2) is 20.7 Å². The van der Waals surface area contributed by atoms with Crippen molar-refractivity contribution in [3.63, 3.8) is 0 Å². The van der Waals surface area contributed by atoms with Gasteiger partial charge in [-0.1, -0.05) is 51.0 Å². The van der Waals surface area contributed by atoms with E-state index >= 15 is 0 Å². The molecule has 2 heterocycles. The summed E-state index contributed by atoms with van der Waals surface area (Å²) in [6.45, 7) is 1.66. The number of nitrogens with one attached hydrogen (secondary N) is 1. The van der Waals surface area contributed by atoms with Gasteiger partial charge in [0.2, 0.25) is 0 Å². The Labute approximate surface area is 174 Å². The number of anilines is 1. The van der Waals surface area contributed by atoms with Gasteiger partial charge in [0.25, 0.3) is 5.91 Å². The van der Waals surface area contributed by atoms with Gasteiger partial charge in [-0.05, 0) is 42.7 Å². The van der Waals surface area contributed by atoms with Crippen LogP contribution in [0.25, 0.3) is 22.5 Å². The zero-order valence-corrected chi connectivity index (χ0v) is 16.8. The summed E-state index contributed by atoms with van der Waals surface area (Å²) in [5, 5.41) is 13.5. The molecule has 28 heavy (non-hydrogen) atoms. The summed E-state index contributed by atoms with van der Waals surface area (Å²) in [6.07, 6.45) is 0. The number of hydrogen-bond acceptors (Lipinski definition) is 6. The van der Waals surface area contributed by atoms with E-state index in [4.69, 9.17) is 27.7 Å². The Hall–Kier alpha value is -2.74. The lowest BCUT2D eigenvalue weighted by Crippen LogP contribution is -2.13. The smallest absolute Gasteiger partial charge is 0.261 e. The van der Waals surface area contributed by atoms with Crippen LogP contribution in [-0.2, 0) is 0 Å². The maximum atomic E-state index is 12.9. The summed E-state index contributed by atoms with van der Waals surface area (Å²) >= 11 is 13.8. The molecule has 1 N–H and O–H groups in total. The third kappa shape index (κ3) is 3.52. The Morgan fingerprint density at radius 1 is 1.11 bits per heavy atom. The number of benzene rings is 2. The number of amides is 1. The minimum atomic E-state index is -0.368. The maximum Gasteiger partial charge on any atom is 0.261 e. The van der Waals surface area contributed by atoms with Crippen LogP contribution < -0.4 is 5.32 Å². The number of nitrogens with zero attached hydrogens (tertiary/aromatic N) is 3. The molecule has 0 fully saturated rings. The largest absolute Gasteiger partial charge is 0.360 e. The number of halogens is 2. The van der Waals surface area contributed by atoms with Gasteiger partial charge in [0, 0.05) is 22.2 Å². The van der Waals surface area contributed by atoms with Crippen molar-refractivity contribution in [3.8, 4) is 22.5 Å². The van der Waals surface area contributed by atoms with Gasteiger partial charge in [0.1, 0.15) is 22.7 Å². The first kappa shape index (κ1) is 18.6. The van der Waals surface area contributed by atoms with Crippen LogP contribution in [0.2, 0.25) is 10.0 Å². The monoisotopic (exact) mass is 430 g/mol. The van der Waals surface area contributed by atoms with Gasteiger partial charge >= 0.3 is 0 Å². The van der Waals surface area contributed by atoms with Gasteiger partial charge in [-0.2, -0.15) is 0 Å². The number of hydrogen-bond donors (Lipinski definition) is 1. The summed E-state index contributed by atoms with van der Waals surface area (Å²) in [7, 11) is 0. The highest BCUT2D eigenvalue weighted by Gasteiger charge is 2.25. The highest BCUT2D eigenvalue weighted by atomic mass is 35.5. The molecule has 0 spiro atoms. The Kier molecular flexibility index (Phi) is 5.13. The molecule has 9 heteroatoms. The molecule has 1 amide bonds. The molecule has 0 radical (unpaired) electrons. The molecule has 6 nitrogen and oxygen atoms in total. The van der Waals surface area contributed by atoms with Crippen molar-refractivity contribution in [1.82, 2.24) is 14.7 Å². The minimum Gasteiger partial charge on any atom is -0.360 e. The minimum absolute atomic E-state index is 0.280. The summed E-state index contributed by atoms with van der Waals surface area (Å²) in [4.78, 5) is 12.9. The van der Waals surface area contributed by atoms with Crippen LogP contribution in [0, 0.1) is 6.92 Å². The molecule has 0 aliphatic carbocycles. The predicted octanol–water partition coefficient (Wildman–Crippen LogP) is 5.73. The third-order valence-corrected chi connectivity index (χ3v) is 5.22. The Balaban J connectivity index is 1.64. The second-order valence-corrected chi connectivity index (χ2v) is 7.30. The molecular formula is C19H12Cl2N4O2S. The SMILES string of the molecule is Cc1onc(-c2c(Cl)cccc2Cl)c1C(=O)Nc1ccc(-c2csnn2)cc1. The van der Waals surface area contributed by atoms with E-state index in [2.05, 4.69) is 20.1 Å². The molecule has 2 aromatic carbocycles. The molecule has 0 atom stereocenters. The Bertz CT molecular complexity index is 1120. The van der Waals surface area contributed by atoms with E-state index in [0.29, 0.717) is 32.8 Å². The lowest BCUT2D eigenvalue weighted by Gasteiger charge is -2.08. The van der Waals surface area contributed by atoms with E-state index in [1.54, 1.807) is 37.3 Å². The third-order valence-electron chi connectivity index (χ3n) is 4.09. The highest BCUT2D eigenvalue weighted by molar-refractivity contribution is 7.03. The van der Waals surface area contributed by atoms with Gasteiger partial charge in [0.15, 0.2) is 0 Å². The van der Waals surface area contributed by atoms with E-state index in [1.807, 2.05) is 17.5 Å². The second-order valence-electron chi connectivity index (χ2n) is 5.88. The van der Waals surface area contributed by atoms with Gasteiger partial charge in [-0.15, -0.1) is 5.10 Å². The zero-order valence-electron chi connectivity index (χ0n) is 14.4. The summed E-state index contributed by atoms with van der Waals surface area (Å²) in [6, 6.07) is 12.4. The van der Waals surface area contributed by atoms with Crippen LogP contribution in [0.15, 0.2) is 52.4 Å². The first-order valence-corrected chi connectivity index (χ1v) is 9.73. The number of rotatable bonds is 4. The standard InChI is InChI=1S/C19H12Cl2N4O2S/c1-10-16(18(24-27-10)17-13(20)3-2-4-14(17)21)19(26)22-12-7-5-11(6-8-12)15-9-28-25-23-15/h2-9H,1H3,(H,22,26). The molecule has 0 aliphatic rings. The van der Waals surface area contributed by atoms with Crippen molar-refractivity contribution < 1.29 is 9.32 Å². The van der Waals surface area contributed by atoms with E-state index < -0.39 is 0 Å². The predicted molar refractivity (Wildman–Crippen MR) is 110 cm³/mol. The molecule has 2 aromatic heterocycles. The molecule has 0 aliphatic heterocycles. The van der Waals surface area contributed by atoms with E-state index in [1.165, 1.54) is 11.5 Å². The normalized spacial score (nSPS) is 10.8. The Morgan fingerprint density at radius 3 is 2.46 bits per heavy atom. The van der Waals surface area contributed by atoms with Gasteiger partial charge in [-0.25, -0.2) is 0 Å². The number of carbonyl (C=O) groups excluding carboxylic acids is 1. The zero-order chi connectivity index (χ0) is 19.7. The number of aryl methyl sites for hydroxylation is 1. The first-order valence-electron chi connectivity index (χ1n) is 8.14. The van der Waals surface area contributed by atoms with Crippen LogP contribution >= 0.6 is 34.7 Å². The van der Waals surface area contributed by atoms with Gasteiger partial charge < -0.3 is 9.84 Å². The Morgan fingerprint density at radius 2 is 1.82 bits per heavy atom. The van der Waals surface area contributed by atoms with Crippen LogP contribution in [0.4, 0.5) is 5.69 Å². The van der Waals surface area contributed by atoms with Crippen molar-refractivity contribution >= 4 is 46.3 Å². The molecule has 4 aromatic rings. The fourth-order valence-corrected chi connectivity index (χ4v) is 3.78. The molecule has 0 bridgehead atoms. The molecule has 0 saturated carbocycles. The lowest BCUT2D eigenvalue weighted by molar-refractivity contribution is 0.102. The summed E-state index contributed by atoms with van der Waals surface area (Å²) in [5.41, 5.74) is 3.36. The first-order chi connectivity index (χ1) is 13.5. The molecule has 4 rings (SSSR count). The highest BCUT2D eigenvalue weighted by Crippen LogP contribution is 2.37. The maximum absolute atomic E-state index is 12.9. The fraction of sp³-hybridized carbons (Fsp3) is 0.0526. The van der Waals surface area contributed by atoms with Crippen LogP contribution in [0.5, 0.6) is 0 Å². The van der Waals surface area contributed by atoms with Gasteiger partial charge in [-0.3, -0.25) is 4.79 Å². The molecule has 140 valence electrons. The van der Waals surface area contributed by atoms with Crippen molar-refractivity contribution in [3.05, 3.63) is 69.2 Å². The van der Waals surface area contributed by atoms with E-state index in [0.717, 1.165) is 11.3 Å². The average molecular weight is 431 g/mol. The second kappa shape index (κ2) is 7.71. The molecule has 0 saturated heterocycles. The fourth-order valence-electron chi connectivity index (χ4n) is 2.74.